The third kappa shape index (κ3) is 4.14. The molecule has 3 aromatic rings. The van der Waals surface area contributed by atoms with Crippen molar-refractivity contribution in [2.45, 2.75) is 6.54 Å². The van der Waals surface area contributed by atoms with Gasteiger partial charge < -0.3 is 10.6 Å². The second-order valence-corrected chi connectivity index (χ2v) is 5.76. The van der Waals surface area contributed by atoms with Crippen LogP contribution in [0.1, 0.15) is 16.1 Å². The number of aromatic nitrogens is 3. The fraction of sp³-hybridized carbons (Fsp3) is 0.0588. The Morgan fingerprint density at radius 2 is 1.83 bits per heavy atom. The minimum atomic E-state index is -0.260. The lowest BCUT2D eigenvalue weighted by Gasteiger charge is -2.08. The van der Waals surface area contributed by atoms with Crippen LogP contribution in [0.5, 0.6) is 0 Å². The standard InChI is InChI=1S/C17H14BrN5O/c18-13-3-1-2-4-14(13)22-17-20-10-7-15(23-17)16(24)21-11-12-5-8-19-9-6-12/h1-10H,11H2,(H,21,24)(H,20,22,23). The van der Waals surface area contributed by atoms with E-state index < -0.39 is 0 Å². The van der Waals surface area contributed by atoms with E-state index in [0.29, 0.717) is 18.2 Å². The zero-order valence-electron chi connectivity index (χ0n) is 12.6. The summed E-state index contributed by atoms with van der Waals surface area (Å²) in [6, 6.07) is 12.9. The molecule has 1 aromatic carbocycles. The lowest BCUT2D eigenvalue weighted by Crippen LogP contribution is -2.24. The molecule has 0 saturated heterocycles. The minimum Gasteiger partial charge on any atom is -0.347 e. The maximum absolute atomic E-state index is 12.2. The van der Waals surface area contributed by atoms with Crippen LogP contribution in [0.25, 0.3) is 0 Å². The van der Waals surface area contributed by atoms with Crippen LogP contribution >= 0.6 is 15.9 Å². The summed E-state index contributed by atoms with van der Waals surface area (Å²) in [5.74, 6) is 0.0999. The fourth-order valence-electron chi connectivity index (χ4n) is 2.00. The normalized spacial score (nSPS) is 10.2. The Kier molecular flexibility index (Phi) is 5.12. The van der Waals surface area contributed by atoms with Gasteiger partial charge >= 0.3 is 0 Å². The Morgan fingerprint density at radius 3 is 2.62 bits per heavy atom. The van der Waals surface area contributed by atoms with Gasteiger partial charge in [-0.25, -0.2) is 9.97 Å². The number of hydrogen-bond acceptors (Lipinski definition) is 5. The van der Waals surface area contributed by atoms with E-state index in [9.17, 15) is 4.79 Å². The van der Waals surface area contributed by atoms with Gasteiger partial charge in [0.1, 0.15) is 5.69 Å². The Labute approximate surface area is 147 Å². The number of amides is 1. The number of rotatable bonds is 5. The van der Waals surface area contributed by atoms with Crippen molar-refractivity contribution in [2.75, 3.05) is 5.32 Å². The summed E-state index contributed by atoms with van der Waals surface area (Å²) in [6.07, 6.45) is 4.92. The number of pyridine rings is 1. The molecule has 24 heavy (non-hydrogen) atoms. The molecule has 0 aliphatic heterocycles. The SMILES string of the molecule is O=C(NCc1ccncc1)c1ccnc(Nc2ccccc2Br)n1. The maximum atomic E-state index is 12.2. The molecule has 1 amide bonds. The summed E-state index contributed by atoms with van der Waals surface area (Å²) in [7, 11) is 0. The Balaban J connectivity index is 1.68. The summed E-state index contributed by atoms with van der Waals surface area (Å²) in [5, 5.41) is 5.91. The van der Waals surface area contributed by atoms with Crippen molar-refractivity contribution < 1.29 is 4.79 Å². The first-order chi connectivity index (χ1) is 11.7. The highest BCUT2D eigenvalue weighted by atomic mass is 79.9. The van der Waals surface area contributed by atoms with Crippen LogP contribution < -0.4 is 10.6 Å². The van der Waals surface area contributed by atoms with Gasteiger partial charge in [-0.1, -0.05) is 12.1 Å². The van der Waals surface area contributed by atoms with Crippen LogP contribution in [0.15, 0.2) is 65.5 Å². The average molecular weight is 384 g/mol. The average Bonchev–Trinajstić information content (AvgIpc) is 2.63. The van der Waals surface area contributed by atoms with Crippen molar-refractivity contribution in [1.29, 1.82) is 0 Å². The van der Waals surface area contributed by atoms with Crippen molar-refractivity contribution in [3.8, 4) is 0 Å². The summed E-state index contributed by atoms with van der Waals surface area (Å²) in [6.45, 7) is 0.415. The van der Waals surface area contributed by atoms with E-state index in [2.05, 4.69) is 41.5 Å². The summed E-state index contributed by atoms with van der Waals surface area (Å²) < 4.78 is 0.890. The molecule has 0 fully saturated rings. The monoisotopic (exact) mass is 383 g/mol. The molecule has 0 radical (unpaired) electrons. The highest BCUT2D eigenvalue weighted by Crippen LogP contribution is 2.23. The largest absolute Gasteiger partial charge is 0.347 e. The van der Waals surface area contributed by atoms with E-state index in [1.807, 2.05) is 36.4 Å². The lowest BCUT2D eigenvalue weighted by atomic mass is 10.2. The fourth-order valence-corrected chi connectivity index (χ4v) is 2.39. The molecule has 0 aliphatic rings. The molecule has 7 heteroatoms. The van der Waals surface area contributed by atoms with Crippen molar-refractivity contribution in [2.24, 2.45) is 0 Å². The van der Waals surface area contributed by atoms with Gasteiger partial charge in [-0.15, -0.1) is 0 Å². The molecule has 120 valence electrons. The molecule has 0 saturated carbocycles. The van der Waals surface area contributed by atoms with Gasteiger partial charge in [0.15, 0.2) is 0 Å². The van der Waals surface area contributed by atoms with E-state index in [4.69, 9.17) is 0 Å². The highest BCUT2D eigenvalue weighted by Gasteiger charge is 2.09. The van der Waals surface area contributed by atoms with Crippen molar-refractivity contribution in [3.05, 3.63) is 76.8 Å². The molecule has 2 N–H and O–H groups in total. The van der Waals surface area contributed by atoms with Gasteiger partial charge in [-0.05, 0) is 51.8 Å². The smallest absolute Gasteiger partial charge is 0.270 e. The van der Waals surface area contributed by atoms with Crippen LogP contribution in [0.3, 0.4) is 0 Å². The van der Waals surface area contributed by atoms with Crippen molar-refractivity contribution in [1.82, 2.24) is 20.3 Å². The highest BCUT2D eigenvalue weighted by molar-refractivity contribution is 9.10. The van der Waals surface area contributed by atoms with Gasteiger partial charge in [0.2, 0.25) is 5.95 Å². The number of anilines is 2. The van der Waals surface area contributed by atoms with Crippen LogP contribution in [0, 0.1) is 0 Å². The quantitative estimate of drug-likeness (QED) is 0.706. The minimum absolute atomic E-state index is 0.260. The van der Waals surface area contributed by atoms with E-state index in [-0.39, 0.29) is 5.91 Å². The van der Waals surface area contributed by atoms with Crippen LogP contribution in [0.4, 0.5) is 11.6 Å². The zero-order valence-corrected chi connectivity index (χ0v) is 14.2. The number of para-hydroxylation sites is 1. The zero-order chi connectivity index (χ0) is 16.8. The summed E-state index contributed by atoms with van der Waals surface area (Å²) >= 11 is 3.45. The summed E-state index contributed by atoms with van der Waals surface area (Å²) in [5.41, 5.74) is 2.10. The second-order valence-electron chi connectivity index (χ2n) is 4.91. The Morgan fingerprint density at radius 1 is 1.04 bits per heavy atom. The van der Waals surface area contributed by atoms with E-state index in [1.54, 1.807) is 24.7 Å². The predicted octanol–water partition coefficient (Wildman–Crippen LogP) is 3.31. The number of hydrogen-bond donors (Lipinski definition) is 2. The molecular weight excluding hydrogens is 370 g/mol. The van der Waals surface area contributed by atoms with Gasteiger partial charge in [0, 0.05) is 29.6 Å². The molecular formula is C17H14BrN5O. The van der Waals surface area contributed by atoms with E-state index in [0.717, 1.165) is 15.7 Å². The first-order valence-corrected chi connectivity index (χ1v) is 8.03. The molecule has 0 bridgehead atoms. The topological polar surface area (TPSA) is 79.8 Å². The molecule has 0 unspecified atom stereocenters. The van der Waals surface area contributed by atoms with Gasteiger partial charge in [-0.2, -0.15) is 0 Å². The van der Waals surface area contributed by atoms with Crippen molar-refractivity contribution in [3.63, 3.8) is 0 Å². The van der Waals surface area contributed by atoms with Crippen LogP contribution in [0.2, 0.25) is 0 Å². The third-order valence-corrected chi connectivity index (χ3v) is 3.90. The first kappa shape index (κ1) is 16.1. The van der Waals surface area contributed by atoms with Gasteiger partial charge in [-0.3, -0.25) is 9.78 Å². The number of nitrogens with one attached hydrogen (secondary N) is 2. The third-order valence-electron chi connectivity index (χ3n) is 3.21. The number of nitrogens with zero attached hydrogens (tertiary/aromatic N) is 3. The number of benzene rings is 1. The maximum Gasteiger partial charge on any atom is 0.270 e. The van der Waals surface area contributed by atoms with E-state index in [1.165, 1.54) is 0 Å². The summed E-state index contributed by atoms with van der Waals surface area (Å²) in [4.78, 5) is 24.6. The number of carbonyl (C=O) groups is 1. The Hall–Kier alpha value is -2.80. The van der Waals surface area contributed by atoms with E-state index >= 15 is 0 Å². The molecule has 2 heterocycles. The van der Waals surface area contributed by atoms with Crippen LogP contribution in [-0.4, -0.2) is 20.9 Å². The molecule has 3 rings (SSSR count). The number of halogens is 1. The molecule has 2 aromatic heterocycles. The molecule has 0 aliphatic carbocycles. The lowest BCUT2D eigenvalue weighted by molar-refractivity contribution is 0.0946. The Bertz CT molecular complexity index is 841. The van der Waals surface area contributed by atoms with Gasteiger partial charge in [0.25, 0.3) is 5.91 Å². The van der Waals surface area contributed by atoms with Crippen molar-refractivity contribution >= 4 is 33.5 Å². The van der Waals surface area contributed by atoms with Crippen LogP contribution in [-0.2, 0) is 6.54 Å². The first-order valence-electron chi connectivity index (χ1n) is 7.24. The molecule has 0 atom stereocenters. The van der Waals surface area contributed by atoms with Gasteiger partial charge in [0.05, 0.1) is 5.69 Å². The molecule has 6 nitrogen and oxygen atoms in total. The predicted molar refractivity (Wildman–Crippen MR) is 94.9 cm³/mol. The molecule has 0 spiro atoms. The number of carbonyl (C=O) groups excluding carboxylic acids is 1. The second kappa shape index (κ2) is 7.65.